The van der Waals surface area contributed by atoms with Crippen molar-refractivity contribution in [1.29, 1.82) is 0 Å². The van der Waals surface area contributed by atoms with Crippen LogP contribution in [0.15, 0.2) is 29.8 Å². The quantitative estimate of drug-likeness (QED) is 0.634. The maximum absolute atomic E-state index is 13.2. The van der Waals surface area contributed by atoms with Gasteiger partial charge in [0.25, 0.3) is 5.91 Å². The molecule has 3 aromatic rings. The molecule has 1 aliphatic carbocycles. The summed E-state index contributed by atoms with van der Waals surface area (Å²) in [5.41, 5.74) is 1.20. The van der Waals surface area contributed by atoms with E-state index in [1.54, 1.807) is 17.5 Å². The molecule has 144 valence electrons. The SMILES string of the molecule is O=C(N[C@H]1C2CCN(CC2)C12CC2)c1cc2ccc(Cl)c(-c3nccs3)c2s1. The average molecular weight is 430 g/mol. The Bertz CT molecular complexity index is 1060. The van der Waals surface area contributed by atoms with Crippen LogP contribution >= 0.6 is 34.3 Å². The van der Waals surface area contributed by atoms with Crippen LogP contribution in [0.3, 0.4) is 0 Å². The minimum absolute atomic E-state index is 0.0624. The molecule has 3 saturated heterocycles. The summed E-state index contributed by atoms with van der Waals surface area (Å²) in [7, 11) is 0. The Kier molecular flexibility index (Phi) is 3.89. The molecule has 7 heteroatoms. The fraction of sp³-hybridized carbons (Fsp3) is 0.429. The normalized spacial score (nSPS) is 27.4. The van der Waals surface area contributed by atoms with Crippen molar-refractivity contribution in [2.45, 2.75) is 37.3 Å². The van der Waals surface area contributed by atoms with Crippen LogP contribution in [-0.2, 0) is 0 Å². The number of piperidine rings is 3. The monoisotopic (exact) mass is 429 g/mol. The summed E-state index contributed by atoms with van der Waals surface area (Å²) in [6, 6.07) is 6.21. The Morgan fingerprint density at radius 3 is 2.82 bits per heavy atom. The molecule has 1 aromatic carbocycles. The zero-order chi connectivity index (χ0) is 18.9. The van der Waals surface area contributed by atoms with E-state index < -0.39 is 0 Å². The molecule has 4 nitrogen and oxygen atoms in total. The van der Waals surface area contributed by atoms with Gasteiger partial charge in [-0.2, -0.15) is 0 Å². The predicted octanol–water partition coefficient (Wildman–Crippen LogP) is 5.03. The van der Waals surface area contributed by atoms with Gasteiger partial charge in [0.2, 0.25) is 0 Å². The highest BCUT2D eigenvalue weighted by Crippen LogP contribution is 2.53. The molecular weight excluding hydrogens is 410 g/mol. The van der Waals surface area contributed by atoms with Gasteiger partial charge in [-0.3, -0.25) is 9.69 Å². The van der Waals surface area contributed by atoms with Crippen LogP contribution in [0, 0.1) is 5.92 Å². The number of nitrogens with one attached hydrogen (secondary N) is 1. The zero-order valence-electron chi connectivity index (χ0n) is 15.3. The first-order valence-electron chi connectivity index (χ1n) is 9.83. The van der Waals surface area contributed by atoms with Crippen molar-refractivity contribution in [3.8, 4) is 10.6 Å². The van der Waals surface area contributed by atoms with Gasteiger partial charge in [0.1, 0.15) is 5.01 Å². The lowest BCUT2D eigenvalue weighted by molar-refractivity contribution is -0.00138. The summed E-state index contributed by atoms with van der Waals surface area (Å²) in [5, 5.41) is 8.03. The number of thiophene rings is 1. The summed E-state index contributed by atoms with van der Waals surface area (Å²) in [6.07, 6.45) is 6.67. The third-order valence-corrected chi connectivity index (χ3v) is 9.05. The molecule has 3 aliphatic heterocycles. The van der Waals surface area contributed by atoms with Gasteiger partial charge >= 0.3 is 0 Å². The van der Waals surface area contributed by atoms with Crippen LogP contribution in [-0.4, -0.2) is 40.5 Å². The zero-order valence-corrected chi connectivity index (χ0v) is 17.7. The number of benzene rings is 1. The molecule has 2 aromatic heterocycles. The Hall–Kier alpha value is -1.47. The van der Waals surface area contributed by atoms with Gasteiger partial charge in [0.15, 0.2) is 0 Å². The number of aromatic nitrogens is 1. The van der Waals surface area contributed by atoms with Crippen molar-refractivity contribution in [2.24, 2.45) is 5.92 Å². The second-order valence-corrected chi connectivity index (χ2v) is 10.5. The second-order valence-electron chi connectivity index (χ2n) is 8.17. The molecule has 1 atom stereocenters. The third kappa shape index (κ3) is 2.51. The van der Waals surface area contributed by atoms with E-state index in [2.05, 4.69) is 15.2 Å². The number of amides is 1. The average Bonchev–Trinajstić information content (AvgIpc) is 3.12. The van der Waals surface area contributed by atoms with E-state index >= 15 is 0 Å². The third-order valence-electron chi connectivity index (χ3n) is 6.77. The highest BCUT2D eigenvalue weighted by atomic mass is 35.5. The number of carbonyl (C=O) groups is 1. The van der Waals surface area contributed by atoms with Crippen molar-refractivity contribution in [2.75, 3.05) is 13.1 Å². The van der Waals surface area contributed by atoms with E-state index in [0.717, 1.165) is 25.5 Å². The maximum Gasteiger partial charge on any atom is 0.261 e. The van der Waals surface area contributed by atoms with Gasteiger partial charge < -0.3 is 5.32 Å². The Balaban J connectivity index is 1.34. The summed E-state index contributed by atoms with van der Waals surface area (Å²) in [6.45, 7) is 2.41. The van der Waals surface area contributed by atoms with Crippen LogP contribution in [0.4, 0.5) is 0 Å². The number of fused-ring (bicyclic) bond motifs is 3. The molecule has 1 amide bonds. The van der Waals surface area contributed by atoms with Crippen molar-refractivity contribution < 1.29 is 4.79 Å². The molecule has 0 radical (unpaired) electrons. The minimum atomic E-state index is 0.0624. The van der Waals surface area contributed by atoms with Crippen LogP contribution in [0.5, 0.6) is 0 Å². The fourth-order valence-electron chi connectivity index (χ4n) is 5.27. The summed E-state index contributed by atoms with van der Waals surface area (Å²) >= 11 is 9.60. The minimum Gasteiger partial charge on any atom is -0.346 e. The molecule has 0 unspecified atom stereocenters. The Morgan fingerprint density at radius 2 is 2.11 bits per heavy atom. The molecule has 5 heterocycles. The topological polar surface area (TPSA) is 45.2 Å². The Labute approximate surface area is 176 Å². The highest BCUT2D eigenvalue weighted by molar-refractivity contribution is 7.22. The molecule has 1 saturated carbocycles. The summed E-state index contributed by atoms with van der Waals surface area (Å²) < 4.78 is 1.04. The van der Waals surface area contributed by atoms with Crippen molar-refractivity contribution in [3.63, 3.8) is 0 Å². The smallest absolute Gasteiger partial charge is 0.261 e. The molecule has 1 spiro atoms. The first-order valence-corrected chi connectivity index (χ1v) is 11.9. The fourth-order valence-corrected chi connectivity index (χ4v) is 7.51. The lowest BCUT2D eigenvalue weighted by Crippen LogP contribution is -2.65. The number of carbonyl (C=O) groups excluding carboxylic acids is 1. The number of hydrogen-bond acceptors (Lipinski definition) is 5. The van der Waals surface area contributed by atoms with E-state index in [-0.39, 0.29) is 11.4 Å². The molecule has 28 heavy (non-hydrogen) atoms. The van der Waals surface area contributed by atoms with Gasteiger partial charge in [-0.25, -0.2) is 4.98 Å². The molecule has 7 rings (SSSR count). The lowest BCUT2D eigenvalue weighted by Gasteiger charge is -2.52. The Morgan fingerprint density at radius 1 is 1.29 bits per heavy atom. The first kappa shape index (κ1) is 17.4. The van der Waals surface area contributed by atoms with Gasteiger partial charge in [0, 0.05) is 27.4 Å². The van der Waals surface area contributed by atoms with E-state index in [1.807, 2.05) is 23.6 Å². The van der Waals surface area contributed by atoms with Crippen LogP contribution in [0.1, 0.15) is 35.4 Å². The standard InChI is InChI=1S/C21H20ClN3OS2/c22-14-2-1-13-11-15(28-17(13)16(14)20-23-7-10-27-20)19(26)24-18-12-3-8-25(9-4-12)21(18)5-6-21/h1-2,7,10-12,18H,3-6,8-9H2,(H,24,26)/t18-/m0/s1. The highest BCUT2D eigenvalue weighted by Gasteiger charge is 2.60. The largest absolute Gasteiger partial charge is 0.346 e. The number of rotatable bonds is 3. The number of nitrogens with zero attached hydrogens (tertiary/aromatic N) is 2. The van der Waals surface area contributed by atoms with E-state index in [1.165, 1.54) is 50.1 Å². The second kappa shape index (κ2) is 6.26. The van der Waals surface area contributed by atoms with Gasteiger partial charge in [0.05, 0.1) is 15.9 Å². The lowest BCUT2D eigenvalue weighted by atomic mass is 9.77. The van der Waals surface area contributed by atoms with E-state index in [9.17, 15) is 4.79 Å². The van der Waals surface area contributed by atoms with E-state index in [4.69, 9.17) is 11.6 Å². The van der Waals surface area contributed by atoms with Crippen molar-refractivity contribution in [1.82, 2.24) is 15.2 Å². The van der Waals surface area contributed by atoms with Crippen LogP contribution in [0.2, 0.25) is 5.02 Å². The maximum atomic E-state index is 13.2. The molecule has 1 N–H and O–H groups in total. The van der Waals surface area contributed by atoms with E-state index in [0.29, 0.717) is 17.0 Å². The van der Waals surface area contributed by atoms with Crippen LogP contribution in [0.25, 0.3) is 20.7 Å². The first-order chi connectivity index (χ1) is 13.7. The molecule has 4 fully saturated rings. The summed E-state index contributed by atoms with van der Waals surface area (Å²) in [5.74, 6) is 0.693. The van der Waals surface area contributed by atoms with Gasteiger partial charge in [-0.15, -0.1) is 22.7 Å². The predicted molar refractivity (Wildman–Crippen MR) is 115 cm³/mol. The van der Waals surface area contributed by atoms with Crippen molar-refractivity contribution in [3.05, 3.63) is 39.7 Å². The number of halogens is 1. The molecule has 4 aliphatic rings. The number of hydrogen-bond donors (Lipinski definition) is 1. The number of thiazole rings is 1. The van der Waals surface area contributed by atoms with Crippen molar-refractivity contribution >= 4 is 50.3 Å². The van der Waals surface area contributed by atoms with Gasteiger partial charge in [-0.05, 0) is 62.2 Å². The molecule has 2 bridgehead atoms. The van der Waals surface area contributed by atoms with Gasteiger partial charge in [-0.1, -0.05) is 17.7 Å². The van der Waals surface area contributed by atoms with Crippen LogP contribution < -0.4 is 5.32 Å². The molecular formula is C21H20ClN3OS2. The summed E-state index contributed by atoms with van der Waals surface area (Å²) in [4.78, 5) is 21.0.